The van der Waals surface area contributed by atoms with Crippen molar-refractivity contribution >= 4 is 16.5 Å². The number of aromatic nitrogens is 1. The molecule has 0 radical (unpaired) electrons. The van der Waals surface area contributed by atoms with Crippen molar-refractivity contribution in [2.45, 2.75) is 39.2 Å². The van der Waals surface area contributed by atoms with Crippen LogP contribution in [0.3, 0.4) is 0 Å². The van der Waals surface area contributed by atoms with Crippen molar-refractivity contribution in [1.82, 2.24) is 10.3 Å². The molecule has 4 heteroatoms. The highest BCUT2D eigenvalue weighted by atomic mass is 32.1. The molecule has 1 aromatic heterocycles. The van der Waals surface area contributed by atoms with Crippen molar-refractivity contribution in [2.75, 3.05) is 24.5 Å². The molecule has 0 bridgehead atoms. The van der Waals surface area contributed by atoms with Gasteiger partial charge >= 0.3 is 0 Å². The van der Waals surface area contributed by atoms with E-state index >= 15 is 0 Å². The molecule has 2 heterocycles. The van der Waals surface area contributed by atoms with Gasteiger partial charge in [-0.05, 0) is 46.1 Å². The molecule has 1 saturated heterocycles. The summed E-state index contributed by atoms with van der Waals surface area (Å²) in [4.78, 5) is 6.79. The van der Waals surface area contributed by atoms with Crippen LogP contribution in [0.4, 0.5) is 5.13 Å². The molecule has 1 aliphatic rings. The van der Waals surface area contributed by atoms with Crippen LogP contribution in [0.1, 0.15) is 33.6 Å². The highest BCUT2D eigenvalue weighted by Crippen LogP contribution is 2.24. The monoisotopic (exact) mass is 253 g/mol. The van der Waals surface area contributed by atoms with Gasteiger partial charge in [0.2, 0.25) is 0 Å². The summed E-state index contributed by atoms with van der Waals surface area (Å²) in [5.74, 6) is 0.824. The third-order valence-electron chi connectivity index (χ3n) is 3.23. The molecule has 0 aliphatic carbocycles. The smallest absolute Gasteiger partial charge is 0.185 e. The van der Waals surface area contributed by atoms with Crippen LogP contribution >= 0.6 is 11.3 Å². The van der Waals surface area contributed by atoms with Crippen molar-refractivity contribution in [2.24, 2.45) is 5.92 Å². The third kappa shape index (κ3) is 3.96. The highest BCUT2D eigenvalue weighted by molar-refractivity contribution is 7.13. The number of anilines is 1. The molecule has 0 amide bonds. The SMILES string of the molecule is CC(C)(C)NCC1CCN(c2nccs2)CC1. The Morgan fingerprint density at radius 1 is 1.41 bits per heavy atom. The van der Waals surface area contributed by atoms with Gasteiger partial charge in [0.25, 0.3) is 0 Å². The minimum Gasteiger partial charge on any atom is -0.348 e. The van der Waals surface area contributed by atoms with Gasteiger partial charge in [-0.1, -0.05) is 0 Å². The summed E-state index contributed by atoms with van der Waals surface area (Å²) >= 11 is 1.75. The zero-order chi connectivity index (χ0) is 12.3. The predicted molar refractivity (Wildman–Crippen MR) is 74.8 cm³/mol. The number of rotatable bonds is 3. The molecular formula is C13H23N3S. The van der Waals surface area contributed by atoms with Crippen molar-refractivity contribution in [1.29, 1.82) is 0 Å². The second-order valence-corrected chi connectivity index (χ2v) is 6.75. The van der Waals surface area contributed by atoms with E-state index in [0.29, 0.717) is 0 Å². The number of hydrogen-bond acceptors (Lipinski definition) is 4. The van der Waals surface area contributed by atoms with Crippen LogP contribution in [-0.2, 0) is 0 Å². The lowest BCUT2D eigenvalue weighted by atomic mass is 9.96. The topological polar surface area (TPSA) is 28.2 Å². The molecule has 3 nitrogen and oxygen atoms in total. The van der Waals surface area contributed by atoms with Crippen LogP contribution in [-0.4, -0.2) is 30.2 Å². The van der Waals surface area contributed by atoms with Gasteiger partial charge < -0.3 is 10.2 Å². The van der Waals surface area contributed by atoms with Gasteiger partial charge in [0, 0.05) is 30.2 Å². The van der Waals surface area contributed by atoms with Crippen LogP contribution in [0.25, 0.3) is 0 Å². The van der Waals surface area contributed by atoms with E-state index in [-0.39, 0.29) is 5.54 Å². The Morgan fingerprint density at radius 3 is 2.65 bits per heavy atom. The molecule has 96 valence electrons. The number of piperidine rings is 1. The molecule has 0 spiro atoms. The van der Waals surface area contributed by atoms with E-state index < -0.39 is 0 Å². The Labute approximate surface area is 108 Å². The van der Waals surface area contributed by atoms with E-state index in [1.165, 1.54) is 18.0 Å². The average molecular weight is 253 g/mol. The number of nitrogens with one attached hydrogen (secondary N) is 1. The lowest BCUT2D eigenvalue weighted by Crippen LogP contribution is -2.42. The van der Waals surface area contributed by atoms with E-state index in [4.69, 9.17) is 0 Å². The van der Waals surface area contributed by atoms with Gasteiger partial charge in [-0.25, -0.2) is 4.98 Å². The highest BCUT2D eigenvalue weighted by Gasteiger charge is 2.21. The first-order valence-corrected chi connectivity index (χ1v) is 7.32. The van der Waals surface area contributed by atoms with E-state index in [1.54, 1.807) is 11.3 Å². The van der Waals surface area contributed by atoms with Gasteiger partial charge in [-0.3, -0.25) is 0 Å². The molecule has 1 fully saturated rings. The van der Waals surface area contributed by atoms with Crippen LogP contribution < -0.4 is 10.2 Å². The third-order valence-corrected chi connectivity index (χ3v) is 4.06. The van der Waals surface area contributed by atoms with Gasteiger partial charge in [0.1, 0.15) is 0 Å². The van der Waals surface area contributed by atoms with Crippen LogP contribution in [0.5, 0.6) is 0 Å². The molecule has 0 saturated carbocycles. The molecule has 0 atom stereocenters. The minimum atomic E-state index is 0.243. The van der Waals surface area contributed by atoms with Crippen LogP contribution in [0.2, 0.25) is 0 Å². The Kier molecular flexibility index (Phi) is 4.05. The standard InChI is InChI=1S/C13H23N3S/c1-13(2,3)15-10-11-4-7-16(8-5-11)12-14-6-9-17-12/h6,9,11,15H,4-5,7-8,10H2,1-3H3. The van der Waals surface area contributed by atoms with Gasteiger partial charge in [0.15, 0.2) is 5.13 Å². The zero-order valence-electron chi connectivity index (χ0n) is 11.1. The Morgan fingerprint density at radius 2 is 2.12 bits per heavy atom. The fourth-order valence-electron chi connectivity index (χ4n) is 2.15. The lowest BCUT2D eigenvalue weighted by Gasteiger charge is -2.33. The molecule has 0 aromatic carbocycles. The van der Waals surface area contributed by atoms with Crippen molar-refractivity contribution in [3.63, 3.8) is 0 Å². The van der Waals surface area contributed by atoms with Gasteiger partial charge in [-0.2, -0.15) is 0 Å². The summed E-state index contributed by atoms with van der Waals surface area (Å²) in [6.45, 7) is 10.2. The Hall–Kier alpha value is -0.610. The Balaban J connectivity index is 1.75. The molecular weight excluding hydrogens is 230 g/mol. The average Bonchev–Trinajstić information content (AvgIpc) is 2.79. The maximum Gasteiger partial charge on any atom is 0.185 e. The van der Waals surface area contributed by atoms with E-state index in [9.17, 15) is 0 Å². The van der Waals surface area contributed by atoms with Crippen molar-refractivity contribution in [3.05, 3.63) is 11.6 Å². The number of nitrogens with zero attached hydrogens (tertiary/aromatic N) is 2. The second-order valence-electron chi connectivity index (χ2n) is 5.88. The maximum absolute atomic E-state index is 4.38. The lowest BCUT2D eigenvalue weighted by molar-refractivity contribution is 0.329. The fourth-order valence-corrected chi connectivity index (χ4v) is 2.85. The molecule has 2 rings (SSSR count). The van der Waals surface area contributed by atoms with Crippen LogP contribution in [0, 0.1) is 5.92 Å². The maximum atomic E-state index is 4.38. The normalized spacial score (nSPS) is 18.6. The largest absolute Gasteiger partial charge is 0.348 e. The van der Waals surface area contributed by atoms with E-state index in [0.717, 1.165) is 25.6 Å². The quantitative estimate of drug-likeness (QED) is 0.898. The Bertz CT molecular complexity index is 321. The predicted octanol–water partition coefficient (Wildman–Crippen LogP) is 2.75. The van der Waals surface area contributed by atoms with Crippen molar-refractivity contribution < 1.29 is 0 Å². The summed E-state index contributed by atoms with van der Waals surface area (Å²) in [6.07, 6.45) is 4.46. The summed E-state index contributed by atoms with van der Waals surface area (Å²) < 4.78 is 0. The molecule has 1 aliphatic heterocycles. The first-order valence-electron chi connectivity index (χ1n) is 6.44. The number of hydrogen-bond donors (Lipinski definition) is 1. The van der Waals surface area contributed by atoms with Crippen molar-refractivity contribution in [3.8, 4) is 0 Å². The molecule has 1 aromatic rings. The van der Waals surface area contributed by atoms with Crippen LogP contribution in [0.15, 0.2) is 11.6 Å². The van der Waals surface area contributed by atoms with E-state index in [2.05, 4.69) is 41.4 Å². The first-order chi connectivity index (χ1) is 8.04. The van der Waals surface area contributed by atoms with E-state index in [1.807, 2.05) is 6.20 Å². The minimum absolute atomic E-state index is 0.243. The molecule has 1 N–H and O–H groups in total. The summed E-state index contributed by atoms with van der Waals surface area (Å²) in [5.41, 5.74) is 0.243. The second kappa shape index (κ2) is 5.36. The summed E-state index contributed by atoms with van der Waals surface area (Å²) in [6, 6.07) is 0. The van der Waals surface area contributed by atoms with Gasteiger partial charge in [-0.15, -0.1) is 11.3 Å². The zero-order valence-corrected chi connectivity index (χ0v) is 11.9. The fraction of sp³-hybridized carbons (Fsp3) is 0.769. The van der Waals surface area contributed by atoms with Gasteiger partial charge in [0.05, 0.1) is 0 Å². The number of thiazole rings is 1. The summed E-state index contributed by atoms with van der Waals surface area (Å²) in [7, 11) is 0. The molecule has 0 unspecified atom stereocenters. The first kappa shape index (κ1) is 12.8. The molecule has 17 heavy (non-hydrogen) atoms. The summed E-state index contributed by atoms with van der Waals surface area (Å²) in [5, 5.41) is 6.86.